The Kier molecular flexibility index (Phi) is 7.13. The molecule has 120 valence electrons. The average molecular weight is 338 g/mol. The third-order valence-corrected chi connectivity index (χ3v) is 4.59. The molecule has 1 N–H and O–H groups in total. The van der Waals surface area contributed by atoms with Gasteiger partial charge < -0.3 is 0 Å². The van der Waals surface area contributed by atoms with Gasteiger partial charge in [-0.1, -0.05) is 43.7 Å². The topological polar surface area (TPSA) is 54.4 Å². The van der Waals surface area contributed by atoms with Crippen LogP contribution in [0.5, 0.6) is 0 Å². The Balaban J connectivity index is 0.000000220. The van der Waals surface area contributed by atoms with Crippen LogP contribution in [-0.2, 0) is 23.0 Å². The van der Waals surface area contributed by atoms with Crippen molar-refractivity contribution in [3.63, 3.8) is 0 Å². The third kappa shape index (κ3) is 5.48. The lowest BCUT2D eigenvalue weighted by atomic mass is 10.0. The fourth-order valence-corrected chi connectivity index (χ4v) is 2.94. The van der Waals surface area contributed by atoms with Crippen LogP contribution in [0.2, 0.25) is 0 Å². The summed E-state index contributed by atoms with van der Waals surface area (Å²) in [6.07, 6.45) is 2.19. The van der Waals surface area contributed by atoms with Crippen molar-refractivity contribution in [2.45, 2.75) is 43.4 Å². The van der Waals surface area contributed by atoms with Crippen LogP contribution < -0.4 is 0 Å². The molecule has 0 saturated carbocycles. The zero-order chi connectivity index (χ0) is 16.8. The normalized spacial score (nSPS) is 10.8. The number of aryl methyl sites for hydroxylation is 2. The van der Waals surface area contributed by atoms with E-state index in [0.29, 0.717) is 0 Å². The lowest BCUT2D eigenvalue weighted by molar-refractivity contribution is 0.483. The highest BCUT2D eigenvalue weighted by Gasteiger charge is 2.06. The number of benzene rings is 2. The van der Waals surface area contributed by atoms with Gasteiger partial charge in [-0.15, -0.1) is 12.6 Å². The molecule has 0 spiro atoms. The molecule has 0 radical (unpaired) electrons. The van der Waals surface area contributed by atoms with E-state index in [1.807, 2.05) is 6.92 Å². The maximum absolute atomic E-state index is 10.5. The van der Waals surface area contributed by atoms with Crippen LogP contribution in [0, 0.1) is 6.92 Å². The summed E-state index contributed by atoms with van der Waals surface area (Å²) in [5.41, 5.74) is 3.79. The van der Waals surface area contributed by atoms with Crippen LogP contribution in [0.1, 0.15) is 30.5 Å². The van der Waals surface area contributed by atoms with Gasteiger partial charge in [0.1, 0.15) is 0 Å². The van der Waals surface area contributed by atoms with Crippen molar-refractivity contribution in [2.24, 2.45) is 0 Å². The number of thiol groups is 1. The molecule has 0 aromatic heterocycles. The van der Waals surface area contributed by atoms with E-state index < -0.39 is 10.1 Å². The number of hydrogen-bond acceptors (Lipinski definition) is 3. The molecule has 5 heteroatoms. The molecule has 0 saturated heterocycles. The molecule has 3 nitrogen and oxygen atoms in total. The molecule has 0 bridgehead atoms. The van der Waals surface area contributed by atoms with Gasteiger partial charge in [-0.25, -0.2) is 0 Å². The largest absolute Gasteiger partial charge is 0.294 e. The van der Waals surface area contributed by atoms with E-state index in [2.05, 4.69) is 44.7 Å². The van der Waals surface area contributed by atoms with Crippen LogP contribution in [0.4, 0.5) is 0 Å². The van der Waals surface area contributed by atoms with Crippen LogP contribution >= 0.6 is 12.6 Å². The van der Waals surface area contributed by atoms with Crippen LogP contribution in [0.3, 0.4) is 0 Å². The molecule has 0 fully saturated rings. The summed E-state index contributed by atoms with van der Waals surface area (Å²) >= 11 is 4.40. The second-order valence-electron chi connectivity index (χ2n) is 4.91. The molecule has 0 aliphatic carbocycles. The molecule has 0 heterocycles. The Hall–Kier alpha value is -1.30. The lowest BCUT2D eigenvalue weighted by Gasteiger charge is -2.07. The minimum absolute atomic E-state index is 0.0666. The summed E-state index contributed by atoms with van der Waals surface area (Å²) in [6.45, 7) is 6.20. The van der Waals surface area contributed by atoms with E-state index in [1.54, 1.807) is 12.1 Å². The van der Waals surface area contributed by atoms with Gasteiger partial charge in [-0.2, -0.15) is 8.42 Å². The van der Waals surface area contributed by atoms with Gasteiger partial charge in [0.05, 0.1) is 4.90 Å². The molecule has 2 rings (SSSR count). The maximum atomic E-state index is 10.5. The Bertz CT molecular complexity index is 705. The molecule has 2 aromatic rings. The molecular formula is C17H22O3S2. The van der Waals surface area contributed by atoms with E-state index in [9.17, 15) is 8.42 Å². The van der Waals surface area contributed by atoms with Gasteiger partial charge in [-0.3, -0.25) is 4.55 Å². The Morgan fingerprint density at radius 1 is 1.00 bits per heavy atom. The van der Waals surface area contributed by atoms with Crippen LogP contribution in [-0.4, -0.2) is 13.0 Å². The van der Waals surface area contributed by atoms with Gasteiger partial charge in [0.15, 0.2) is 0 Å². The second kappa shape index (κ2) is 8.36. The Morgan fingerprint density at radius 2 is 1.59 bits per heavy atom. The van der Waals surface area contributed by atoms with Gasteiger partial charge >= 0.3 is 0 Å². The van der Waals surface area contributed by atoms with E-state index in [1.165, 1.54) is 23.3 Å². The zero-order valence-corrected chi connectivity index (χ0v) is 14.8. The lowest BCUT2D eigenvalue weighted by Crippen LogP contribution is -1.96. The first kappa shape index (κ1) is 18.7. The van der Waals surface area contributed by atoms with Crippen LogP contribution in [0.15, 0.2) is 52.3 Å². The minimum atomic E-state index is -4.02. The van der Waals surface area contributed by atoms with Gasteiger partial charge in [0.2, 0.25) is 0 Å². The summed E-state index contributed by atoms with van der Waals surface area (Å²) in [6, 6.07) is 12.3. The Labute approximate surface area is 138 Å². The summed E-state index contributed by atoms with van der Waals surface area (Å²) < 4.78 is 29.6. The SMILES string of the molecule is CCc1cccc(S)c1CC.Cc1ccc(S(=O)(=O)O)cc1. The fraction of sp³-hybridized carbons (Fsp3) is 0.294. The molecule has 0 unspecified atom stereocenters. The third-order valence-electron chi connectivity index (χ3n) is 3.30. The predicted octanol–water partition coefficient (Wildman–Crippen LogP) is 4.34. The molecule has 2 aromatic carbocycles. The van der Waals surface area contributed by atoms with E-state index >= 15 is 0 Å². The van der Waals surface area contributed by atoms with Gasteiger partial charge in [0, 0.05) is 4.90 Å². The number of rotatable bonds is 3. The first-order valence-electron chi connectivity index (χ1n) is 7.13. The molecule has 0 atom stereocenters. The molecule has 0 aliphatic heterocycles. The standard InChI is InChI=1S/C10H14S.C7H8O3S/c1-3-8-6-5-7-10(11)9(8)4-2;1-6-2-4-7(5-3-6)11(8,9)10/h5-7,11H,3-4H2,1-2H3;2-5H,1H3,(H,8,9,10). The van der Waals surface area contributed by atoms with Crippen molar-refractivity contribution in [3.8, 4) is 0 Å². The highest BCUT2D eigenvalue weighted by molar-refractivity contribution is 7.85. The van der Waals surface area contributed by atoms with Gasteiger partial charge in [-0.05, 0) is 49.1 Å². The first-order chi connectivity index (χ1) is 10.3. The fourth-order valence-electron chi connectivity index (χ4n) is 2.07. The monoisotopic (exact) mass is 338 g/mol. The zero-order valence-electron chi connectivity index (χ0n) is 13.1. The molecular weight excluding hydrogens is 316 g/mol. The highest BCUT2D eigenvalue weighted by Crippen LogP contribution is 2.19. The summed E-state index contributed by atoms with van der Waals surface area (Å²) in [5, 5.41) is 0. The molecule has 0 aliphatic rings. The van der Waals surface area contributed by atoms with Crippen molar-refractivity contribution in [3.05, 3.63) is 59.2 Å². The van der Waals surface area contributed by atoms with E-state index in [4.69, 9.17) is 4.55 Å². The van der Waals surface area contributed by atoms with E-state index in [-0.39, 0.29) is 4.90 Å². The van der Waals surface area contributed by atoms with Crippen molar-refractivity contribution >= 4 is 22.7 Å². The maximum Gasteiger partial charge on any atom is 0.294 e. The molecule has 22 heavy (non-hydrogen) atoms. The van der Waals surface area contributed by atoms with Gasteiger partial charge in [0.25, 0.3) is 10.1 Å². The second-order valence-corrected chi connectivity index (χ2v) is 6.81. The average Bonchev–Trinajstić information content (AvgIpc) is 2.47. The summed E-state index contributed by atoms with van der Waals surface area (Å²) in [5.74, 6) is 0. The quantitative estimate of drug-likeness (QED) is 0.646. The van der Waals surface area contributed by atoms with Crippen molar-refractivity contribution in [2.75, 3.05) is 0 Å². The highest BCUT2D eigenvalue weighted by atomic mass is 32.2. The Morgan fingerprint density at radius 3 is 2.00 bits per heavy atom. The number of hydrogen-bond donors (Lipinski definition) is 2. The predicted molar refractivity (Wildman–Crippen MR) is 93.4 cm³/mol. The molecule has 0 amide bonds. The van der Waals surface area contributed by atoms with Crippen molar-refractivity contribution < 1.29 is 13.0 Å². The van der Waals surface area contributed by atoms with E-state index in [0.717, 1.165) is 23.3 Å². The summed E-state index contributed by atoms with van der Waals surface area (Å²) in [7, 11) is -4.02. The van der Waals surface area contributed by atoms with Crippen molar-refractivity contribution in [1.82, 2.24) is 0 Å². The smallest absolute Gasteiger partial charge is 0.282 e. The summed E-state index contributed by atoms with van der Waals surface area (Å²) in [4.78, 5) is 1.06. The minimum Gasteiger partial charge on any atom is -0.282 e. The van der Waals surface area contributed by atoms with Crippen molar-refractivity contribution in [1.29, 1.82) is 0 Å². The first-order valence-corrected chi connectivity index (χ1v) is 9.02. The van der Waals surface area contributed by atoms with Crippen LogP contribution in [0.25, 0.3) is 0 Å².